The fraction of sp³-hybridized carbons (Fsp3) is 0.500. The van der Waals surface area contributed by atoms with E-state index in [0.29, 0.717) is 13.0 Å². The monoisotopic (exact) mass is 294 g/mol. The van der Waals surface area contributed by atoms with Crippen molar-refractivity contribution >= 4 is 11.6 Å². The Kier molecular flexibility index (Phi) is 4.42. The molecule has 7 nitrogen and oxygen atoms in total. The van der Waals surface area contributed by atoms with Crippen molar-refractivity contribution in [2.45, 2.75) is 19.3 Å². The highest BCUT2D eigenvalue weighted by atomic mass is 16.6. The fourth-order valence-electron chi connectivity index (χ4n) is 2.27. The maximum Gasteiger partial charge on any atom is 0.273 e. The van der Waals surface area contributed by atoms with Gasteiger partial charge in [-0.2, -0.15) is 0 Å². The van der Waals surface area contributed by atoms with E-state index in [0.717, 1.165) is 12.8 Å². The van der Waals surface area contributed by atoms with Crippen LogP contribution in [0.4, 0.5) is 5.69 Å². The van der Waals surface area contributed by atoms with Gasteiger partial charge < -0.3 is 15.2 Å². The van der Waals surface area contributed by atoms with Crippen molar-refractivity contribution in [3.8, 4) is 5.75 Å². The molecular weight excluding hydrogens is 276 g/mol. The highest BCUT2D eigenvalue weighted by Gasteiger charge is 2.42. The van der Waals surface area contributed by atoms with Crippen LogP contribution in [0.15, 0.2) is 18.2 Å². The molecule has 21 heavy (non-hydrogen) atoms. The molecule has 2 N–H and O–H groups in total. The molecule has 0 unspecified atom stereocenters. The summed E-state index contributed by atoms with van der Waals surface area (Å²) in [4.78, 5) is 22.3. The quantitative estimate of drug-likeness (QED) is 0.586. The third-order valence-corrected chi connectivity index (χ3v) is 3.86. The number of carbonyl (C=O) groups is 1. The summed E-state index contributed by atoms with van der Waals surface area (Å²) in [6.07, 6.45) is 2.65. The predicted octanol–water partition coefficient (Wildman–Crippen LogP) is 1.50. The fourth-order valence-corrected chi connectivity index (χ4v) is 2.27. The molecule has 1 aromatic rings. The molecule has 2 rings (SSSR count). The number of amides is 1. The number of rotatable bonds is 7. The Bertz CT molecular complexity index is 554. The molecule has 1 aliphatic carbocycles. The SMILES string of the molecule is COc1cc([N+](=O)[O-])ccc1C(=O)NCC1(CCO)CC1. The zero-order valence-corrected chi connectivity index (χ0v) is 11.8. The molecule has 0 aromatic heterocycles. The van der Waals surface area contributed by atoms with Gasteiger partial charge in [-0.15, -0.1) is 0 Å². The van der Waals surface area contributed by atoms with Crippen molar-refractivity contribution in [1.29, 1.82) is 0 Å². The summed E-state index contributed by atoms with van der Waals surface area (Å²) >= 11 is 0. The van der Waals surface area contributed by atoms with E-state index in [1.54, 1.807) is 0 Å². The second-order valence-electron chi connectivity index (χ2n) is 5.30. The number of ether oxygens (including phenoxy) is 1. The van der Waals surface area contributed by atoms with Crippen molar-refractivity contribution in [2.75, 3.05) is 20.3 Å². The van der Waals surface area contributed by atoms with Gasteiger partial charge in [0.15, 0.2) is 0 Å². The number of aliphatic hydroxyl groups is 1. The molecule has 1 saturated carbocycles. The lowest BCUT2D eigenvalue weighted by Crippen LogP contribution is -2.31. The van der Waals surface area contributed by atoms with Gasteiger partial charge in [0.2, 0.25) is 0 Å². The first kappa shape index (κ1) is 15.2. The first-order valence-corrected chi connectivity index (χ1v) is 6.73. The number of benzene rings is 1. The first-order valence-electron chi connectivity index (χ1n) is 6.73. The lowest BCUT2D eigenvalue weighted by atomic mass is 10.0. The number of nitrogens with one attached hydrogen (secondary N) is 1. The van der Waals surface area contributed by atoms with E-state index in [4.69, 9.17) is 9.84 Å². The summed E-state index contributed by atoms with van der Waals surface area (Å²) < 4.78 is 5.05. The van der Waals surface area contributed by atoms with Gasteiger partial charge in [0.05, 0.1) is 23.7 Å². The van der Waals surface area contributed by atoms with Crippen LogP contribution in [-0.4, -0.2) is 36.2 Å². The van der Waals surface area contributed by atoms with E-state index in [1.165, 1.54) is 25.3 Å². The zero-order chi connectivity index (χ0) is 15.5. The Labute approximate surface area is 122 Å². The molecule has 7 heteroatoms. The molecule has 1 aliphatic rings. The van der Waals surface area contributed by atoms with Gasteiger partial charge in [0.25, 0.3) is 11.6 Å². The molecule has 0 radical (unpaired) electrons. The van der Waals surface area contributed by atoms with Crippen LogP contribution in [0.1, 0.15) is 29.6 Å². The Hall–Kier alpha value is -2.15. The number of hydrogen-bond acceptors (Lipinski definition) is 5. The Balaban J connectivity index is 2.07. The Morgan fingerprint density at radius 2 is 2.24 bits per heavy atom. The average molecular weight is 294 g/mol. The van der Waals surface area contributed by atoms with Crippen LogP contribution >= 0.6 is 0 Å². The number of hydrogen-bond donors (Lipinski definition) is 2. The maximum absolute atomic E-state index is 12.2. The van der Waals surface area contributed by atoms with Gasteiger partial charge in [-0.05, 0) is 30.7 Å². The number of nitro groups is 1. The van der Waals surface area contributed by atoms with Crippen LogP contribution in [0.2, 0.25) is 0 Å². The molecule has 0 aliphatic heterocycles. The van der Waals surface area contributed by atoms with E-state index in [1.807, 2.05) is 0 Å². The molecule has 1 amide bonds. The van der Waals surface area contributed by atoms with E-state index >= 15 is 0 Å². The summed E-state index contributed by atoms with van der Waals surface area (Å²) in [7, 11) is 1.37. The summed E-state index contributed by atoms with van der Waals surface area (Å²) in [6.45, 7) is 0.600. The summed E-state index contributed by atoms with van der Waals surface area (Å²) in [5.74, 6) is -0.153. The number of nitrogens with zero attached hydrogens (tertiary/aromatic N) is 1. The maximum atomic E-state index is 12.2. The molecule has 0 heterocycles. The smallest absolute Gasteiger partial charge is 0.273 e. The minimum atomic E-state index is -0.537. The van der Waals surface area contributed by atoms with Crippen molar-refractivity contribution in [3.63, 3.8) is 0 Å². The second kappa shape index (κ2) is 6.09. The van der Waals surface area contributed by atoms with Crippen molar-refractivity contribution in [2.24, 2.45) is 5.41 Å². The van der Waals surface area contributed by atoms with Crippen LogP contribution in [0.5, 0.6) is 5.75 Å². The minimum absolute atomic E-state index is 0.0123. The lowest BCUT2D eigenvalue weighted by molar-refractivity contribution is -0.384. The highest BCUT2D eigenvalue weighted by molar-refractivity contribution is 5.97. The van der Waals surface area contributed by atoms with Gasteiger partial charge in [-0.3, -0.25) is 14.9 Å². The Morgan fingerprint density at radius 3 is 2.76 bits per heavy atom. The number of methoxy groups -OCH3 is 1. The van der Waals surface area contributed by atoms with Crippen LogP contribution in [0.3, 0.4) is 0 Å². The minimum Gasteiger partial charge on any atom is -0.496 e. The van der Waals surface area contributed by atoms with Gasteiger partial charge in [0.1, 0.15) is 5.75 Å². The van der Waals surface area contributed by atoms with Gasteiger partial charge in [0, 0.05) is 19.2 Å². The zero-order valence-electron chi connectivity index (χ0n) is 11.8. The number of carbonyl (C=O) groups excluding carboxylic acids is 1. The van der Waals surface area contributed by atoms with Crippen LogP contribution in [0, 0.1) is 15.5 Å². The molecule has 1 aromatic carbocycles. The highest BCUT2D eigenvalue weighted by Crippen LogP contribution is 2.47. The standard InChI is InChI=1S/C14H18N2O5/c1-21-12-8-10(16(19)20)2-3-11(12)13(18)15-9-14(4-5-14)6-7-17/h2-3,8,17H,4-7,9H2,1H3,(H,15,18). The first-order chi connectivity index (χ1) is 10.0. The van der Waals surface area contributed by atoms with Crippen LogP contribution in [0.25, 0.3) is 0 Å². The van der Waals surface area contributed by atoms with Crippen molar-refractivity contribution in [1.82, 2.24) is 5.32 Å². The number of aliphatic hydroxyl groups excluding tert-OH is 1. The summed E-state index contributed by atoms with van der Waals surface area (Å²) in [5.41, 5.74) is 0.156. The van der Waals surface area contributed by atoms with Crippen molar-refractivity contribution in [3.05, 3.63) is 33.9 Å². The number of nitro benzene ring substituents is 1. The average Bonchev–Trinajstić information content (AvgIpc) is 3.24. The van der Waals surface area contributed by atoms with E-state index in [-0.39, 0.29) is 34.9 Å². The predicted molar refractivity (Wildman–Crippen MR) is 75.4 cm³/mol. The van der Waals surface area contributed by atoms with Crippen LogP contribution in [-0.2, 0) is 0 Å². The van der Waals surface area contributed by atoms with Gasteiger partial charge >= 0.3 is 0 Å². The second-order valence-corrected chi connectivity index (χ2v) is 5.30. The van der Waals surface area contributed by atoms with Crippen molar-refractivity contribution < 1.29 is 19.6 Å². The molecule has 114 valence electrons. The summed E-state index contributed by atoms with van der Waals surface area (Å²) in [6, 6.07) is 3.89. The molecule has 1 fully saturated rings. The molecule has 0 saturated heterocycles. The third-order valence-electron chi connectivity index (χ3n) is 3.86. The molecular formula is C14H18N2O5. The summed E-state index contributed by atoms with van der Waals surface area (Å²) in [5, 5.41) is 22.5. The largest absolute Gasteiger partial charge is 0.496 e. The number of non-ortho nitro benzene ring substituents is 1. The molecule has 0 spiro atoms. The van der Waals surface area contributed by atoms with Gasteiger partial charge in [-0.25, -0.2) is 0 Å². The van der Waals surface area contributed by atoms with Crippen LogP contribution < -0.4 is 10.1 Å². The normalized spacial score (nSPS) is 15.3. The van der Waals surface area contributed by atoms with E-state index in [9.17, 15) is 14.9 Å². The van der Waals surface area contributed by atoms with E-state index in [2.05, 4.69) is 5.32 Å². The topological polar surface area (TPSA) is 102 Å². The Morgan fingerprint density at radius 1 is 1.52 bits per heavy atom. The van der Waals surface area contributed by atoms with E-state index < -0.39 is 4.92 Å². The third kappa shape index (κ3) is 3.49. The molecule has 0 atom stereocenters. The molecule has 0 bridgehead atoms. The lowest BCUT2D eigenvalue weighted by Gasteiger charge is -2.15. The van der Waals surface area contributed by atoms with Gasteiger partial charge in [-0.1, -0.05) is 0 Å².